The summed E-state index contributed by atoms with van der Waals surface area (Å²) in [4.78, 5) is 52.5. The van der Waals surface area contributed by atoms with Crippen molar-refractivity contribution < 1.29 is 42.8 Å². The van der Waals surface area contributed by atoms with Crippen molar-refractivity contribution in [1.82, 2.24) is 14.8 Å². The molecule has 3 aliphatic heterocycles. The molecule has 14 heteroatoms. The number of likely N-dealkylation sites (tertiary alicyclic amines) is 1. The largest absolute Gasteiger partial charge is 0.476 e. The number of carbonyl (C=O) groups is 3. The molecule has 2 amide bonds. The lowest BCUT2D eigenvalue weighted by Crippen LogP contribution is -2.59. The Balaban J connectivity index is 1.55. The second-order valence-corrected chi connectivity index (χ2v) is 21.1. The van der Waals surface area contributed by atoms with Gasteiger partial charge in [-0.05, 0) is 147 Å². The third-order valence-corrected chi connectivity index (χ3v) is 12.5. The predicted octanol–water partition coefficient (Wildman–Crippen LogP) is 9.92. The van der Waals surface area contributed by atoms with E-state index in [2.05, 4.69) is 17.5 Å². The summed E-state index contributed by atoms with van der Waals surface area (Å²) in [6, 6.07) is 13.7. The SMILES string of the molecule is C=C(CO)Cc1c(OC[C@@H]2CCCN2C)nc2c(F)c(-c3cc(OC(=O)C(C)(C)C)cc4ccccc34)c(CCC#N)cc2c1N(C(=O)OC(C)(C)C)C1C2CC1N(C(=O)OC(C)(C)C)C2. The number of nitriles is 1. The number of aliphatic hydroxyl groups excluding tert-OH is 1. The third kappa shape index (κ3) is 9.98. The molecule has 1 N–H and O–H groups in total. The van der Waals surface area contributed by atoms with Gasteiger partial charge >= 0.3 is 18.2 Å². The second-order valence-electron chi connectivity index (χ2n) is 21.1. The number of amides is 2. The van der Waals surface area contributed by atoms with Crippen LogP contribution in [0.5, 0.6) is 11.6 Å². The molecule has 1 aromatic heterocycles. The maximum Gasteiger partial charge on any atom is 0.415 e. The fourth-order valence-corrected chi connectivity index (χ4v) is 9.30. The molecule has 4 aliphatic rings. The minimum absolute atomic E-state index is 0.00443. The van der Waals surface area contributed by atoms with E-state index in [0.29, 0.717) is 46.0 Å². The Morgan fingerprint density at radius 2 is 1.73 bits per heavy atom. The number of aryl methyl sites for hydroxylation is 1. The molecule has 4 atom stereocenters. The van der Waals surface area contributed by atoms with Gasteiger partial charge in [-0.2, -0.15) is 5.26 Å². The van der Waals surface area contributed by atoms with Crippen LogP contribution in [0, 0.1) is 28.5 Å². The Morgan fingerprint density at radius 1 is 1.02 bits per heavy atom. The standard InChI is InChI=1S/C52H64FN5O8/c1-30(28-59)22-39-45(58(49(62)66-52(8,9)10)44-33-25-40(44)57(27-33)48(61)65-51(5,6)7)38-24-32(17-14-20-54)41(42(53)43(38)55-46(39)63-29-34-18-15-21-56(34)11)37-26-35(64-47(60)50(2,3)4)23-31-16-12-13-19-36(31)37/h12-13,16,19,23-24,26,33-34,40,44,59H,1,14-15,17-18,21-22,25,27-29H2,2-11H3/t33?,34-,40?,44?/m0/s1. The zero-order valence-electron chi connectivity index (χ0n) is 40.0. The van der Waals surface area contributed by atoms with Crippen molar-refractivity contribution in [2.45, 2.75) is 130 Å². The lowest BCUT2D eigenvalue weighted by Gasteiger charge is -2.45. The van der Waals surface area contributed by atoms with Crippen LogP contribution in [0.1, 0.15) is 99.1 Å². The molecular formula is C52H64FN5O8. The first-order chi connectivity index (χ1) is 31.0. The molecule has 1 aliphatic carbocycles. The number of nitrogens with zero attached hydrogens (tertiary/aromatic N) is 5. The van der Waals surface area contributed by atoms with E-state index in [1.807, 2.05) is 31.3 Å². The topological polar surface area (TPSA) is 155 Å². The molecule has 4 heterocycles. The maximum absolute atomic E-state index is 18.5. The average Bonchev–Trinajstić information content (AvgIpc) is 3.96. The fraction of sp³-hybridized carbons (Fsp3) is 0.519. The van der Waals surface area contributed by atoms with Gasteiger partial charge in [0.1, 0.15) is 29.1 Å². The van der Waals surface area contributed by atoms with Crippen LogP contribution in [0.3, 0.4) is 0 Å². The first kappa shape index (κ1) is 48.2. The van der Waals surface area contributed by atoms with Gasteiger partial charge in [-0.15, -0.1) is 0 Å². The van der Waals surface area contributed by atoms with Crippen molar-refractivity contribution in [2.75, 3.05) is 38.3 Å². The highest BCUT2D eigenvalue weighted by molar-refractivity contribution is 6.07. The molecule has 1 saturated carbocycles. The maximum atomic E-state index is 18.5. The van der Waals surface area contributed by atoms with E-state index in [-0.39, 0.29) is 78.2 Å². The van der Waals surface area contributed by atoms with E-state index in [1.54, 1.807) is 90.3 Å². The Kier molecular flexibility index (Phi) is 13.5. The van der Waals surface area contributed by atoms with E-state index >= 15 is 9.18 Å². The number of hydrogen-bond donors (Lipinski definition) is 1. The van der Waals surface area contributed by atoms with Gasteiger partial charge in [-0.3, -0.25) is 9.69 Å². The van der Waals surface area contributed by atoms with Crippen molar-refractivity contribution >= 4 is 45.5 Å². The summed E-state index contributed by atoms with van der Waals surface area (Å²) in [5.74, 6) is -1.13. The first-order valence-electron chi connectivity index (χ1n) is 22.9. The van der Waals surface area contributed by atoms with Gasteiger partial charge in [0.15, 0.2) is 5.82 Å². The number of fused-ring (bicyclic) bond motifs is 3. The van der Waals surface area contributed by atoms with Gasteiger partial charge in [0.2, 0.25) is 5.88 Å². The van der Waals surface area contributed by atoms with Crippen LogP contribution < -0.4 is 14.4 Å². The van der Waals surface area contributed by atoms with Gasteiger partial charge in [0.05, 0.1) is 35.9 Å². The van der Waals surface area contributed by atoms with E-state index in [4.69, 9.17) is 23.9 Å². The molecule has 4 fully saturated rings. The van der Waals surface area contributed by atoms with Crippen molar-refractivity contribution in [1.29, 1.82) is 5.26 Å². The number of carbonyl (C=O) groups excluding carboxylic acids is 3. The predicted molar refractivity (Wildman–Crippen MR) is 252 cm³/mol. The number of aliphatic hydroxyl groups is 1. The highest BCUT2D eigenvalue weighted by atomic mass is 19.1. The molecule has 4 aromatic rings. The van der Waals surface area contributed by atoms with Crippen LogP contribution in [-0.4, -0.2) is 101 Å². The minimum atomic E-state index is -0.966. The van der Waals surface area contributed by atoms with Crippen molar-refractivity contribution in [3.63, 3.8) is 0 Å². The second kappa shape index (κ2) is 18.5. The van der Waals surface area contributed by atoms with Crippen LogP contribution in [-0.2, 0) is 27.1 Å². The average molecular weight is 906 g/mol. The number of pyridine rings is 1. The van der Waals surface area contributed by atoms with Gasteiger partial charge in [-0.25, -0.2) is 19.0 Å². The zero-order chi connectivity index (χ0) is 48.0. The van der Waals surface area contributed by atoms with Gasteiger partial charge in [-0.1, -0.05) is 30.8 Å². The first-order valence-corrected chi connectivity index (χ1v) is 22.9. The van der Waals surface area contributed by atoms with Crippen LogP contribution in [0.4, 0.5) is 19.7 Å². The Bertz CT molecular complexity index is 2600. The van der Waals surface area contributed by atoms with E-state index < -0.39 is 52.7 Å². The highest BCUT2D eigenvalue weighted by Crippen LogP contribution is 2.51. The normalized spacial score (nSPS) is 19.7. The number of anilines is 1. The minimum Gasteiger partial charge on any atom is -0.476 e. The number of halogens is 1. The third-order valence-electron chi connectivity index (χ3n) is 12.5. The lowest BCUT2D eigenvalue weighted by atomic mass is 9.78. The van der Waals surface area contributed by atoms with Crippen LogP contribution in [0.15, 0.2) is 54.6 Å². The number of ether oxygens (including phenoxy) is 4. The number of benzene rings is 3. The smallest absolute Gasteiger partial charge is 0.415 e. The number of rotatable bonds is 12. The van der Waals surface area contributed by atoms with Gasteiger partial charge in [0, 0.05) is 47.9 Å². The van der Waals surface area contributed by atoms with Crippen molar-refractivity contribution in [3.05, 3.63) is 71.6 Å². The highest BCUT2D eigenvalue weighted by Gasteiger charge is 2.59. The quantitative estimate of drug-likeness (QED) is 0.0821. The van der Waals surface area contributed by atoms with E-state index in [1.165, 1.54) is 0 Å². The summed E-state index contributed by atoms with van der Waals surface area (Å²) >= 11 is 0. The summed E-state index contributed by atoms with van der Waals surface area (Å²) in [7, 11) is 2.02. The molecule has 0 spiro atoms. The monoisotopic (exact) mass is 905 g/mol. The molecule has 13 nitrogen and oxygen atoms in total. The Labute approximate surface area is 387 Å². The van der Waals surface area contributed by atoms with Crippen LogP contribution in [0.25, 0.3) is 32.8 Å². The molecule has 0 radical (unpaired) electrons. The summed E-state index contributed by atoms with van der Waals surface area (Å²) in [6.45, 7) is 21.1. The van der Waals surface area contributed by atoms with Crippen LogP contribution in [0.2, 0.25) is 0 Å². The summed E-state index contributed by atoms with van der Waals surface area (Å²) in [6.07, 6.45) is 1.35. The Morgan fingerprint density at radius 3 is 2.36 bits per heavy atom. The number of esters is 1. The van der Waals surface area contributed by atoms with Gasteiger partial charge < -0.3 is 33.9 Å². The van der Waals surface area contributed by atoms with E-state index in [9.17, 15) is 20.0 Å². The van der Waals surface area contributed by atoms with Gasteiger partial charge in [0.25, 0.3) is 0 Å². The van der Waals surface area contributed by atoms with E-state index in [0.717, 1.165) is 19.4 Å². The lowest BCUT2D eigenvalue weighted by molar-refractivity contribution is -0.143. The molecule has 66 heavy (non-hydrogen) atoms. The summed E-state index contributed by atoms with van der Waals surface area (Å²) in [5.41, 5.74) is -0.618. The molecule has 3 unspecified atom stereocenters. The molecule has 2 bridgehead atoms. The summed E-state index contributed by atoms with van der Waals surface area (Å²) in [5, 5.41) is 22.1. The van der Waals surface area contributed by atoms with Crippen molar-refractivity contribution in [2.24, 2.45) is 11.3 Å². The molecule has 3 aromatic carbocycles. The zero-order valence-corrected chi connectivity index (χ0v) is 40.0. The molecule has 3 saturated heterocycles. The number of aromatic nitrogens is 1. The fourth-order valence-electron chi connectivity index (χ4n) is 9.30. The number of hydrogen-bond acceptors (Lipinski definition) is 11. The Hall–Kier alpha value is -5.78. The molecule has 352 valence electrons. The molecular weight excluding hydrogens is 842 g/mol. The molecule has 8 rings (SSSR count). The van der Waals surface area contributed by atoms with Crippen molar-refractivity contribution in [3.8, 4) is 28.8 Å². The number of likely N-dealkylation sites (N-methyl/N-ethyl adjacent to an activating group) is 1. The summed E-state index contributed by atoms with van der Waals surface area (Å²) < 4.78 is 43.2. The van der Waals surface area contributed by atoms with Crippen LogP contribution >= 0.6 is 0 Å².